The summed E-state index contributed by atoms with van der Waals surface area (Å²) in [5, 5.41) is 0.558. The second-order valence-electron chi connectivity index (χ2n) is 3.23. The molecule has 0 N–H and O–H groups in total. The molecule has 3 nitrogen and oxygen atoms in total. The summed E-state index contributed by atoms with van der Waals surface area (Å²) < 4.78 is 4.64. The molecule has 15 heavy (non-hydrogen) atoms. The van der Waals surface area contributed by atoms with Crippen LogP contribution in [0.15, 0.2) is 30.5 Å². The van der Waals surface area contributed by atoms with Gasteiger partial charge in [-0.25, -0.2) is 4.79 Å². The van der Waals surface area contributed by atoms with Gasteiger partial charge in [-0.3, -0.25) is 4.90 Å². The molecule has 78 valence electrons. The van der Waals surface area contributed by atoms with Crippen molar-refractivity contribution in [1.29, 1.82) is 0 Å². The molecule has 0 atom stereocenters. The van der Waals surface area contributed by atoms with E-state index in [1.54, 1.807) is 6.20 Å². The van der Waals surface area contributed by atoms with Gasteiger partial charge in [-0.2, -0.15) is 0 Å². The van der Waals surface area contributed by atoms with E-state index in [1.807, 2.05) is 24.3 Å². The number of benzene rings is 1. The number of rotatable bonds is 0. The Morgan fingerprint density at radius 1 is 1.47 bits per heavy atom. The number of carbonyl (C=O) groups excluding carboxylic acids is 1. The van der Waals surface area contributed by atoms with Gasteiger partial charge in [0.2, 0.25) is 0 Å². The van der Waals surface area contributed by atoms with Crippen LogP contribution in [-0.4, -0.2) is 18.1 Å². The summed E-state index contributed by atoms with van der Waals surface area (Å²) >= 11 is 6.05. The SMILES string of the molecule is COC(=O)N1C=C(Cl)c2ccccc2C1. The minimum atomic E-state index is -0.400. The summed E-state index contributed by atoms with van der Waals surface area (Å²) in [6, 6.07) is 7.72. The molecule has 1 amide bonds. The summed E-state index contributed by atoms with van der Waals surface area (Å²) in [6.07, 6.45) is 1.19. The van der Waals surface area contributed by atoms with Gasteiger partial charge in [0.15, 0.2) is 0 Å². The van der Waals surface area contributed by atoms with Gasteiger partial charge >= 0.3 is 6.09 Å². The van der Waals surface area contributed by atoms with E-state index in [4.69, 9.17) is 11.6 Å². The van der Waals surface area contributed by atoms with Gasteiger partial charge in [0.05, 0.1) is 18.7 Å². The summed E-state index contributed by atoms with van der Waals surface area (Å²) in [5.74, 6) is 0. The number of amides is 1. The molecule has 1 heterocycles. The van der Waals surface area contributed by atoms with Crippen molar-refractivity contribution in [3.05, 3.63) is 41.6 Å². The lowest BCUT2D eigenvalue weighted by molar-refractivity contribution is 0.138. The van der Waals surface area contributed by atoms with Gasteiger partial charge in [0, 0.05) is 6.20 Å². The zero-order valence-corrected chi connectivity index (χ0v) is 8.99. The van der Waals surface area contributed by atoms with Crippen molar-refractivity contribution in [2.24, 2.45) is 0 Å². The lowest BCUT2D eigenvalue weighted by Crippen LogP contribution is -2.27. The maximum absolute atomic E-state index is 11.3. The molecular weight excluding hydrogens is 214 g/mol. The van der Waals surface area contributed by atoms with Crippen LogP contribution >= 0.6 is 11.6 Å². The quantitative estimate of drug-likeness (QED) is 0.677. The van der Waals surface area contributed by atoms with Crippen molar-refractivity contribution in [2.45, 2.75) is 6.54 Å². The van der Waals surface area contributed by atoms with Crippen molar-refractivity contribution < 1.29 is 9.53 Å². The van der Waals surface area contributed by atoms with Crippen LogP contribution in [0.3, 0.4) is 0 Å². The van der Waals surface area contributed by atoms with Crippen LogP contribution in [0.1, 0.15) is 11.1 Å². The van der Waals surface area contributed by atoms with Gasteiger partial charge in [0.1, 0.15) is 0 Å². The van der Waals surface area contributed by atoms with Crippen molar-refractivity contribution in [1.82, 2.24) is 4.90 Å². The Balaban J connectivity index is 2.36. The number of fused-ring (bicyclic) bond motifs is 1. The zero-order chi connectivity index (χ0) is 10.8. The third-order valence-electron chi connectivity index (χ3n) is 2.29. The molecule has 4 heteroatoms. The highest BCUT2D eigenvalue weighted by molar-refractivity contribution is 6.49. The Morgan fingerprint density at radius 3 is 2.93 bits per heavy atom. The molecule has 0 aromatic heterocycles. The Kier molecular flexibility index (Phi) is 2.64. The van der Waals surface area contributed by atoms with Crippen LogP contribution in [0.5, 0.6) is 0 Å². The van der Waals surface area contributed by atoms with E-state index in [9.17, 15) is 4.79 Å². The Morgan fingerprint density at radius 2 is 2.20 bits per heavy atom. The lowest BCUT2D eigenvalue weighted by atomic mass is 10.0. The largest absolute Gasteiger partial charge is 0.452 e. The fourth-order valence-electron chi connectivity index (χ4n) is 1.56. The molecule has 0 bridgehead atoms. The number of halogens is 1. The van der Waals surface area contributed by atoms with E-state index in [0.29, 0.717) is 11.6 Å². The molecule has 1 aliphatic heterocycles. The second kappa shape index (κ2) is 3.95. The molecule has 0 unspecified atom stereocenters. The van der Waals surface area contributed by atoms with Crippen LogP contribution in [0, 0.1) is 0 Å². The predicted molar refractivity (Wildman–Crippen MR) is 58.2 cm³/mol. The maximum Gasteiger partial charge on any atom is 0.413 e. The maximum atomic E-state index is 11.3. The molecule has 2 rings (SSSR count). The number of hydrogen-bond donors (Lipinski definition) is 0. The van der Waals surface area contributed by atoms with E-state index in [1.165, 1.54) is 12.0 Å². The first-order valence-electron chi connectivity index (χ1n) is 4.52. The first-order valence-corrected chi connectivity index (χ1v) is 4.90. The highest BCUT2D eigenvalue weighted by Gasteiger charge is 2.20. The minimum absolute atomic E-state index is 0.400. The van der Waals surface area contributed by atoms with Crippen LogP contribution in [-0.2, 0) is 11.3 Å². The summed E-state index contributed by atoms with van der Waals surface area (Å²) in [6.45, 7) is 0.499. The van der Waals surface area contributed by atoms with Gasteiger partial charge < -0.3 is 4.74 Å². The van der Waals surface area contributed by atoms with E-state index in [0.717, 1.165) is 11.1 Å². The molecule has 1 aromatic carbocycles. The topological polar surface area (TPSA) is 29.5 Å². The monoisotopic (exact) mass is 223 g/mol. The van der Waals surface area contributed by atoms with Crippen LogP contribution in [0.4, 0.5) is 4.79 Å². The Bertz CT molecular complexity index is 428. The lowest BCUT2D eigenvalue weighted by Gasteiger charge is -2.23. The standard InChI is InChI=1S/C11H10ClNO2/c1-15-11(14)13-6-8-4-2-3-5-9(8)10(12)7-13/h2-5,7H,6H2,1H3. The molecule has 1 aliphatic rings. The zero-order valence-electron chi connectivity index (χ0n) is 8.24. The fourth-order valence-corrected chi connectivity index (χ4v) is 1.86. The van der Waals surface area contributed by atoms with E-state index in [2.05, 4.69) is 4.74 Å². The second-order valence-corrected chi connectivity index (χ2v) is 3.64. The van der Waals surface area contributed by atoms with Crippen LogP contribution in [0.2, 0.25) is 0 Å². The molecule has 0 saturated heterocycles. The highest BCUT2D eigenvalue weighted by atomic mass is 35.5. The predicted octanol–water partition coefficient (Wildman–Crippen LogP) is 2.81. The highest BCUT2D eigenvalue weighted by Crippen LogP contribution is 2.29. The number of nitrogens with zero attached hydrogens (tertiary/aromatic N) is 1. The van der Waals surface area contributed by atoms with Crippen molar-refractivity contribution in [3.8, 4) is 0 Å². The first kappa shape index (κ1) is 10.1. The van der Waals surface area contributed by atoms with E-state index >= 15 is 0 Å². The molecule has 1 aromatic rings. The Labute approximate surface area is 92.9 Å². The molecule has 0 aliphatic carbocycles. The van der Waals surface area contributed by atoms with Gasteiger partial charge in [-0.15, -0.1) is 0 Å². The average molecular weight is 224 g/mol. The Hall–Kier alpha value is -1.48. The van der Waals surface area contributed by atoms with Crippen molar-refractivity contribution in [2.75, 3.05) is 7.11 Å². The number of methoxy groups -OCH3 is 1. The third kappa shape index (κ3) is 1.83. The van der Waals surface area contributed by atoms with Gasteiger partial charge in [-0.1, -0.05) is 35.9 Å². The molecule has 0 saturated carbocycles. The van der Waals surface area contributed by atoms with Gasteiger partial charge in [-0.05, 0) is 11.1 Å². The first-order chi connectivity index (χ1) is 7.22. The van der Waals surface area contributed by atoms with Crippen LogP contribution in [0.25, 0.3) is 5.03 Å². The number of carbonyl (C=O) groups is 1. The molecular formula is C11H10ClNO2. The summed E-state index contributed by atoms with van der Waals surface area (Å²) in [4.78, 5) is 12.8. The molecule has 0 fully saturated rings. The van der Waals surface area contributed by atoms with Crippen molar-refractivity contribution in [3.63, 3.8) is 0 Å². The smallest absolute Gasteiger partial charge is 0.413 e. The van der Waals surface area contributed by atoms with Crippen LogP contribution < -0.4 is 0 Å². The number of ether oxygens (including phenoxy) is 1. The number of hydrogen-bond acceptors (Lipinski definition) is 2. The summed E-state index contributed by atoms with van der Waals surface area (Å²) in [5.41, 5.74) is 2.00. The average Bonchev–Trinajstić information content (AvgIpc) is 2.28. The molecule has 0 spiro atoms. The summed E-state index contributed by atoms with van der Waals surface area (Å²) in [7, 11) is 1.35. The van der Waals surface area contributed by atoms with Crippen molar-refractivity contribution >= 4 is 22.7 Å². The third-order valence-corrected chi connectivity index (χ3v) is 2.59. The van der Waals surface area contributed by atoms with Gasteiger partial charge in [0.25, 0.3) is 0 Å². The normalized spacial score (nSPS) is 14.3. The van der Waals surface area contributed by atoms with E-state index < -0.39 is 6.09 Å². The van der Waals surface area contributed by atoms with E-state index in [-0.39, 0.29) is 0 Å². The molecule has 0 radical (unpaired) electrons. The minimum Gasteiger partial charge on any atom is -0.452 e. The fraction of sp³-hybridized carbons (Fsp3) is 0.182.